The number of anilines is 1. The first-order valence-corrected chi connectivity index (χ1v) is 4.74. The lowest BCUT2D eigenvalue weighted by atomic mass is 10.1. The first-order valence-electron chi connectivity index (χ1n) is 4.74. The highest BCUT2D eigenvalue weighted by Gasteiger charge is 2.12. The van der Waals surface area contributed by atoms with Gasteiger partial charge in [-0.15, -0.1) is 0 Å². The molecular weight excluding hydrogens is 190 g/mol. The molecule has 0 unspecified atom stereocenters. The van der Waals surface area contributed by atoms with Crippen LogP contribution < -0.4 is 11.1 Å². The molecule has 1 aromatic rings. The van der Waals surface area contributed by atoms with E-state index in [9.17, 15) is 4.79 Å². The van der Waals surface area contributed by atoms with Crippen LogP contribution in [0.15, 0.2) is 24.3 Å². The molecule has 1 aromatic carbocycles. The van der Waals surface area contributed by atoms with Crippen LogP contribution in [0.4, 0.5) is 5.69 Å². The zero-order valence-electron chi connectivity index (χ0n) is 8.53. The van der Waals surface area contributed by atoms with E-state index < -0.39 is 6.04 Å². The van der Waals surface area contributed by atoms with Gasteiger partial charge in [0.15, 0.2) is 0 Å². The Hall–Kier alpha value is -1.86. The molecule has 1 atom stereocenters. The number of hydrogen-bond donors (Lipinski definition) is 2. The summed E-state index contributed by atoms with van der Waals surface area (Å²) in [5.74, 6) is -0.264. The van der Waals surface area contributed by atoms with Gasteiger partial charge in [0, 0.05) is 0 Å². The van der Waals surface area contributed by atoms with E-state index in [0.717, 1.165) is 0 Å². The maximum absolute atomic E-state index is 11.5. The van der Waals surface area contributed by atoms with E-state index >= 15 is 0 Å². The minimum atomic E-state index is -0.531. The average Bonchev–Trinajstić information content (AvgIpc) is 2.28. The molecule has 0 radical (unpaired) electrons. The molecule has 0 aliphatic rings. The molecule has 0 aromatic heterocycles. The minimum Gasteiger partial charge on any atom is -0.324 e. The number of amides is 1. The van der Waals surface area contributed by atoms with E-state index in [1.165, 1.54) is 0 Å². The third-order valence-corrected chi connectivity index (χ3v) is 2.08. The van der Waals surface area contributed by atoms with Crippen LogP contribution in [0, 0.1) is 11.3 Å². The molecule has 4 heteroatoms. The van der Waals surface area contributed by atoms with E-state index in [1.807, 2.05) is 13.0 Å². The van der Waals surface area contributed by atoms with Crippen molar-refractivity contribution in [3.63, 3.8) is 0 Å². The van der Waals surface area contributed by atoms with Crippen molar-refractivity contribution in [3.05, 3.63) is 29.8 Å². The Morgan fingerprint density at radius 2 is 2.27 bits per heavy atom. The predicted octanol–water partition coefficient (Wildman–Crippen LogP) is 1.23. The summed E-state index contributed by atoms with van der Waals surface area (Å²) in [5.41, 5.74) is 6.51. The fourth-order valence-electron chi connectivity index (χ4n) is 1.10. The Labute approximate surface area is 88.7 Å². The quantitative estimate of drug-likeness (QED) is 0.775. The molecule has 3 N–H and O–H groups in total. The standard InChI is InChI=1S/C11H13N3O/c1-2-9(13)11(15)14-10-6-4-3-5-8(10)7-12/h3-6,9H,2,13H2,1H3,(H,14,15)/t9-/m0/s1. The molecule has 15 heavy (non-hydrogen) atoms. The van der Waals surface area contributed by atoms with Crippen LogP contribution in [-0.2, 0) is 4.79 Å². The number of hydrogen-bond acceptors (Lipinski definition) is 3. The van der Waals surface area contributed by atoms with E-state index in [0.29, 0.717) is 17.7 Å². The summed E-state index contributed by atoms with van der Waals surface area (Å²) in [6.45, 7) is 1.83. The number of carbonyl (C=O) groups is 1. The molecule has 1 amide bonds. The summed E-state index contributed by atoms with van der Waals surface area (Å²) < 4.78 is 0. The number of carbonyl (C=O) groups excluding carboxylic acids is 1. The highest BCUT2D eigenvalue weighted by molar-refractivity contribution is 5.95. The highest BCUT2D eigenvalue weighted by Crippen LogP contribution is 2.13. The number of benzene rings is 1. The van der Waals surface area contributed by atoms with Gasteiger partial charge < -0.3 is 11.1 Å². The zero-order valence-corrected chi connectivity index (χ0v) is 8.53. The van der Waals surface area contributed by atoms with Gasteiger partial charge in [-0.25, -0.2) is 0 Å². The summed E-state index contributed by atoms with van der Waals surface area (Å²) in [5, 5.41) is 11.4. The summed E-state index contributed by atoms with van der Waals surface area (Å²) in [6.07, 6.45) is 0.570. The highest BCUT2D eigenvalue weighted by atomic mass is 16.2. The number of nitrogens with two attached hydrogens (primary N) is 1. The fraction of sp³-hybridized carbons (Fsp3) is 0.273. The average molecular weight is 203 g/mol. The van der Waals surface area contributed by atoms with Crippen LogP contribution in [0.2, 0.25) is 0 Å². The van der Waals surface area contributed by atoms with Gasteiger partial charge in [0.25, 0.3) is 0 Å². The van der Waals surface area contributed by atoms with Gasteiger partial charge in [0.05, 0.1) is 17.3 Å². The second-order valence-electron chi connectivity index (χ2n) is 3.16. The van der Waals surface area contributed by atoms with Crippen LogP contribution in [0.3, 0.4) is 0 Å². The molecule has 0 spiro atoms. The van der Waals surface area contributed by atoms with E-state index in [-0.39, 0.29) is 5.91 Å². The Morgan fingerprint density at radius 3 is 2.87 bits per heavy atom. The Bertz CT molecular complexity index is 395. The molecule has 0 heterocycles. The summed E-state index contributed by atoms with van der Waals surface area (Å²) in [4.78, 5) is 11.5. The van der Waals surface area contributed by atoms with Gasteiger partial charge in [-0.05, 0) is 18.6 Å². The number of nitrogens with one attached hydrogen (secondary N) is 1. The Morgan fingerprint density at radius 1 is 1.60 bits per heavy atom. The summed E-state index contributed by atoms with van der Waals surface area (Å²) in [6, 6.07) is 8.30. The van der Waals surface area contributed by atoms with Crippen molar-refractivity contribution in [1.29, 1.82) is 5.26 Å². The first kappa shape index (κ1) is 11.2. The number of rotatable bonds is 3. The normalized spacial score (nSPS) is 11.5. The van der Waals surface area contributed by atoms with Crippen molar-refractivity contribution in [2.45, 2.75) is 19.4 Å². The van der Waals surface area contributed by atoms with Gasteiger partial charge in [-0.1, -0.05) is 19.1 Å². The predicted molar refractivity (Wildman–Crippen MR) is 58.1 cm³/mol. The molecule has 1 rings (SSSR count). The zero-order chi connectivity index (χ0) is 11.3. The fourth-order valence-corrected chi connectivity index (χ4v) is 1.10. The van der Waals surface area contributed by atoms with Crippen molar-refractivity contribution >= 4 is 11.6 Å². The van der Waals surface area contributed by atoms with E-state index in [2.05, 4.69) is 5.32 Å². The maximum Gasteiger partial charge on any atom is 0.241 e. The van der Waals surface area contributed by atoms with Crippen LogP contribution in [0.1, 0.15) is 18.9 Å². The third kappa shape index (κ3) is 2.79. The summed E-state index contributed by atoms with van der Waals surface area (Å²) in [7, 11) is 0. The van der Waals surface area contributed by atoms with E-state index in [1.54, 1.807) is 24.3 Å². The van der Waals surface area contributed by atoms with Gasteiger partial charge >= 0.3 is 0 Å². The molecule has 0 saturated carbocycles. The van der Waals surface area contributed by atoms with Gasteiger partial charge in [0.1, 0.15) is 6.07 Å². The Balaban J connectivity index is 2.81. The Kier molecular flexibility index (Phi) is 3.83. The first-order chi connectivity index (χ1) is 7.19. The largest absolute Gasteiger partial charge is 0.324 e. The lowest BCUT2D eigenvalue weighted by Gasteiger charge is -2.10. The van der Waals surface area contributed by atoms with Crippen LogP contribution in [-0.4, -0.2) is 11.9 Å². The number of para-hydroxylation sites is 1. The topological polar surface area (TPSA) is 78.9 Å². The molecular formula is C11H13N3O. The summed E-state index contributed by atoms with van der Waals surface area (Å²) >= 11 is 0. The van der Waals surface area contributed by atoms with Crippen molar-refractivity contribution in [1.82, 2.24) is 0 Å². The molecule has 78 valence electrons. The molecule has 0 fully saturated rings. The van der Waals surface area contributed by atoms with Crippen molar-refractivity contribution in [3.8, 4) is 6.07 Å². The smallest absolute Gasteiger partial charge is 0.241 e. The van der Waals surface area contributed by atoms with Gasteiger partial charge in [0.2, 0.25) is 5.91 Å². The lowest BCUT2D eigenvalue weighted by molar-refractivity contribution is -0.117. The molecule has 4 nitrogen and oxygen atoms in total. The van der Waals surface area contributed by atoms with Crippen molar-refractivity contribution < 1.29 is 4.79 Å². The molecule has 0 saturated heterocycles. The van der Waals surface area contributed by atoms with E-state index in [4.69, 9.17) is 11.0 Å². The van der Waals surface area contributed by atoms with Gasteiger partial charge in [-0.3, -0.25) is 4.79 Å². The van der Waals surface area contributed by atoms with Crippen LogP contribution in [0.25, 0.3) is 0 Å². The SMILES string of the molecule is CC[C@H](N)C(=O)Nc1ccccc1C#N. The lowest BCUT2D eigenvalue weighted by Crippen LogP contribution is -2.35. The molecule has 0 aliphatic heterocycles. The van der Waals surface area contributed by atoms with Crippen LogP contribution in [0.5, 0.6) is 0 Å². The monoisotopic (exact) mass is 203 g/mol. The molecule has 0 aliphatic carbocycles. The number of nitrogens with zero attached hydrogens (tertiary/aromatic N) is 1. The molecule has 0 bridgehead atoms. The second-order valence-corrected chi connectivity index (χ2v) is 3.16. The minimum absolute atomic E-state index is 0.264. The maximum atomic E-state index is 11.5. The van der Waals surface area contributed by atoms with Crippen LogP contribution >= 0.6 is 0 Å². The van der Waals surface area contributed by atoms with Crippen molar-refractivity contribution in [2.75, 3.05) is 5.32 Å². The second kappa shape index (κ2) is 5.13. The number of nitriles is 1. The third-order valence-electron chi connectivity index (χ3n) is 2.08. The van der Waals surface area contributed by atoms with Gasteiger partial charge in [-0.2, -0.15) is 5.26 Å². The van der Waals surface area contributed by atoms with Crippen molar-refractivity contribution in [2.24, 2.45) is 5.73 Å².